The molecule has 2 aliphatic rings. The third-order valence-electron chi connectivity index (χ3n) is 5.37. The molecule has 1 heterocycles. The van der Waals surface area contributed by atoms with Crippen molar-refractivity contribution in [3.63, 3.8) is 0 Å². The molecule has 2 fully saturated rings. The Morgan fingerprint density at radius 1 is 1.15 bits per heavy atom. The van der Waals surface area contributed by atoms with Crippen LogP contribution in [-0.4, -0.2) is 42.0 Å². The van der Waals surface area contributed by atoms with E-state index in [0.29, 0.717) is 30.7 Å². The van der Waals surface area contributed by atoms with Gasteiger partial charge in [0.2, 0.25) is 0 Å². The van der Waals surface area contributed by atoms with Gasteiger partial charge in [0.15, 0.2) is 0 Å². The molecule has 146 valence electrons. The van der Waals surface area contributed by atoms with Gasteiger partial charge in [-0.1, -0.05) is 12.1 Å². The van der Waals surface area contributed by atoms with Crippen LogP contribution in [0, 0.1) is 5.41 Å². The monoisotopic (exact) mass is 373 g/mol. The van der Waals surface area contributed by atoms with Gasteiger partial charge in [-0.2, -0.15) is 0 Å². The highest BCUT2D eigenvalue weighted by Gasteiger charge is 2.50. The summed E-state index contributed by atoms with van der Waals surface area (Å²) in [5, 5.41) is 0. The second-order valence-electron chi connectivity index (χ2n) is 8.65. The summed E-state index contributed by atoms with van der Waals surface area (Å²) in [7, 11) is 1.35. The first-order valence-electron chi connectivity index (χ1n) is 9.32. The number of amides is 1. The average molecular weight is 373 g/mol. The highest BCUT2D eigenvalue weighted by Crippen LogP contribution is 2.52. The van der Waals surface area contributed by atoms with Crippen molar-refractivity contribution in [2.24, 2.45) is 5.41 Å². The Morgan fingerprint density at radius 2 is 1.78 bits per heavy atom. The fraction of sp³-hybridized carbons (Fsp3) is 0.571. The highest BCUT2D eigenvalue weighted by molar-refractivity contribution is 5.89. The van der Waals surface area contributed by atoms with Crippen molar-refractivity contribution in [1.82, 2.24) is 4.90 Å². The fourth-order valence-electron chi connectivity index (χ4n) is 4.04. The van der Waals surface area contributed by atoms with Crippen LogP contribution in [0.2, 0.25) is 0 Å². The Labute approximate surface area is 159 Å². The number of carbonyl (C=O) groups is 3. The molecular weight excluding hydrogens is 346 g/mol. The number of nitrogens with zero attached hydrogens (tertiary/aromatic N) is 1. The van der Waals surface area contributed by atoms with Gasteiger partial charge >= 0.3 is 12.1 Å². The van der Waals surface area contributed by atoms with Crippen LogP contribution in [-0.2, 0) is 14.3 Å². The predicted molar refractivity (Wildman–Crippen MR) is 99.4 cm³/mol. The Hall–Kier alpha value is -2.37. The molecule has 1 aliphatic carbocycles. The topological polar surface area (TPSA) is 72.9 Å². The number of likely N-dealkylation sites (tertiary alicyclic amines) is 1. The van der Waals surface area contributed by atoms with Crippen LogP contribution >= 0.6 is 0 Å². The second kappa shape index (κ2) is 6.98. The molecule has 1 amide bonds. The van der Waals surface area contributed by atoms with E-state index in [2.05, 4.69) is 0 Å². The van der Waals surface area contributed by atoms with Gasteiger partial charge in [-0.15, -0.1) is 0 Å². The number of carbonyl (C=O) groups excluding carboxylic acids is 3. The van der Waals surface area contributed by atoms with Crippen LogP contribution < -0.4 is 0 Å². The third kappa shape index (κ3) is 4.15. The molecule has 1 aromatic rings. The Balaban J connectivity index is 1.86. The van der Waals surface area contributed by atoms with Gasteiger partial charge in [0.25, 0.3) is 0 Å². The number of ketones is 1. The van der Waals surface area contributed by atoms with Crippen molar-refractivity contribution >= 4 is 17.8 Å². The zero-order valence-corrected chi connectivity index (χ0v) is 16.4. The maximum absolute atomic E-state index is 12.8. The first kappa shape index (κ1) is 19.4. The first-order chi connectivity index (χ1) is 12.6. The Morgan fingerprint density at radius 3 is 2.30 bits per heavy atom. The van der Waals surface area contributed by atoms with Gasteiger partial charge in [0.05, 0.1) is 18.7 Å². The third-order valence-corrected chi connectivity index (χ3v) is 5.37. The lowest BCUT2D eigenvalue weighted by atomic mass is 9.60. The number of piperidine rings is 1. The average Bonchev–Trinajstić information content (AvgIpc) is 2.58. The van der Waals surface area contributed by atoms with Gasteiger partial charge in [0, 0.05) is 19.4 Å². The van der Waals surface area contributed by atoms with Gasteiger partial charge in [-0.25, -0.2) is 9.59 Å². The first-order valence-corrected chi connectivity index (χ1v) is 9.32. The van der Waals surface area contributed by atoms with Crippen LogP contribution in [0.1, 0.15) is 68.4 Å². The van der Waals surface area contributed by atoms with E-state index >= 15 is 0 Å². The summed E-state index contributed by atoms with van der Waals surface area (Å²) in [6.07, 6.45) is 2.38. The molecule has 0 bridgehead atoms. The maximum Gasteiger partial charge on any atom is 0.410 e. The SMILES string of the molecule is COC(=O)c1ccc([C@H]2CC3(CCN2C(=O)OC(C)(C)C)CC(=O)C3)cc1. The molecule has 1 atom stereocenters. The van der Waals surface area contributed by atoms with Crippen LogP contribution in [0.3, 0.4) is 0 Å². The molecule has 0 unspecified atom stereocenters. The van der Waals surface area contributed by atoms with E-state index in [9.17, 15) is 14.4 Å². The largest absolute Gasteiger partial charge is 0.465 e. The van der Waals surface area contributed by atoms with Gasteiger partial charge < -0.3 is 14.4 Å². The summed E-state index contributed by atoms with van der Waals surface area (Å²) >= 11 is 0. The lowest BCUT2D eigenvalue weighted by Gasteiger charge is -2.50. The number of hydrogen-bond acceptors (Lipinski definition) is 5. The number of benzene rings is 1. The summed E-state index contributed by atoms with van der Waals surface area (Å²) < 4.78 is 10.3. The van der Waals surface area contributed by atoms with Crippen LogP contribution in [0.25, 0.3) is 0 Å². The number of Topliss-reactive ketones (excluding diaryl/α,β-unsaturated/α-hetero) is 1. The molecule has 0 N–H and O–H groups in total. The van der Waals surface area contributed by atoms with Crippen molar-refractivity contribution < 1.29 is 23.9 Å². The number of esters is 1. The molecular formula is C21H27NO5. The van der Waals surface area contributed by atoms with Crippen LogP contribution in [0.5, 0.6) is 0 Å². The zero-order chi connectivity index (χ0) is 19.8. The minimum Gasteiger partial charge on any atom is -0.465 e. The van der Waals surface area contributed by atoms with Crippen LogP contribution in [0.15, 0.2) is 24.3 Å². The summed E-state index contributed by atoms with van der Waals surface area (Å²) in [6, 6.07) is 6.96. The van der Waals surface area contributed by atoms with Gasteiger partial charge in [-0.05, 0) is 56.7 Å². The van der Waals surface area contributed by atoms with Crippen LogP contribution in [0.4, 0.5) is 4.79 Å². The molecule has 6 nitrogen and oxygen atoms in total. The molecule has 1 aromatic carbocycles. The van der Waals surface area contributed by atoms with Gasteiger partial charge in [0.1, 0.15) is 11.4 Å². The van der Waals surface area contributed by atoms with E-state index in [-0.39, 0.29) is 17.6 Å². The number of hydrogen-bond donors (Lipinski definition) is 0. The van der Waals surface area contributed by atoms with E-state index in [1.54, 1.807) is 17.0 Å². The molecule has 1 saturated carbocycles. The molecule has 27 heavy (non-hydrogen) atoms. The van der Waals surface area contributed by atoms with E-state index in [1.165, 1.54) is 7.11 Å². The quantitative estimate of drug-likeness (QED) is 0.735. The lowest BCUT2D eigenvalue weighted by Crippen LogP contribution is -2.51. The minimum absolute atomic E-state index is 0.0126. The molecule has 0 aromatic heterocycles. The normalized spacial score (nSPS) is 21.6. The minimum atomic E-state index is -0.571. The fourth-order valence-corrected chi connectivity index (χ4v) is 4.04. The van der Waals surface area contributed by atoms with E-state index in [1.807, 2.05) is 32.9 Å². The van der Waals surface area contributed by atoms with Gasteiger partial charge in [-0.3, -0.25) is 4.79 Å². The summed E-state index contributed by atoms with van der Waals surface area (Å²) in [5.74, 6) is -0.101. The number of rotatable bonds is 2. The molecule has 6 heteroatoms. The van der Waals surface area contributed by atoms with E-state index < -0.39 is 11.6 Å². The van der Waals surface area contributed by atoms with Crippen molar-refractivity contribution in [2.75, 3.05) is 13.7 Å². The standard InChI is InChI=1S/C21H27NO5/c1-20(2,3)27-19(25)22-10-9-21(11-16(23)12-21)13-17(22)14-5-7-15(8-6-14)18(24)26-4/h5-8,17H,9-13H2,1-4H3/t17-/m1/s1. The summed E-state index contributed by atoms with van der Waals surface area (Å²) in [4.78, 5) is 37.8. The molecule has 3 rings (SSSR count). The predicted octanol–water partition coefficient (Wildman–Crippen LogP) is 3.89. The van der Waals surface area contributed by atoms with E-state index in [4.69, 9.17) is 9.47 Å². The number of methoxy groups -OCH3 is 1. The van der Waals surface area contributed by atoms with Crippen molar-refractivity contribution in [1.29, 1.82) is 0 Å². The molecule has 1 spiro atoms. The van der Waals surface area contributed by atoms with E-state index in [0.717, 1.165) is 18.4 Å². The van der Waals surface area contributed by atoms with Crippen molar-refractivity contribution in [3.8, 4) is 0 Å². The van der Waals surface area contributed by atoms with Crippen molar-refractivity contribution in [2.45, 2.75) is 58.1 Å². The highest BCUT2D eigenvalue weighted by atomic mass is 16.6. The smallest absolute Gasteiger partial charge is 0.410 e. The second-order valence-corrected chi connectivity index (χ2v) is 8.65. The lowest BCUT2D eigenvalue weighted by molar-refractivity contribution is -0.137. The Bertz CT molecular complexity index is 739. The molecule has 1 saturated heterocycles. The zero-order valence-electron chi connectivity index (χ0n) is 16.4. The maximum atomic E-state index is 12.8. The molecule has 1 aliphatic heterocycles. The summed E-state index contributed by atoms with van der Waals surface area (Å²) in [5.41, 5.74) is 0.820. The summed E-state index contributed by atoms with van der Waals surface area (Å²) in [6.45, 7) is 6.11. The Kier molecular flexibility index (Phi) is 5.02. The number of ether oxygens (including phenoxy) is 2. The molecule has 0 radical (unpaired) electrons. The van der Waals surface area contributed by atoms with Crippen molar-refractivity contribution in [3.05, 3.63) is 35.4 Å².